The fourth-order valence-corrected chi connectivity index (χ4v) is 1.20. The van der Waals surface area contributed by atoms with Crippen LogP contribution < -0.4 is 4.68 Å². The molecular weight excluding hydrogens is 291 g/mol. The highest BCUT2D eigenvalue weighted by Crippen LogP contribution is 2.07. The lowest BCUT2D eigenvalue weighted by atomic mass is 10.5. The van der Waals surface area contributed by atoms with Crippen molar-refractivity contribution in [2.75, 3.05) is 0 Å². The van der Waals surface area contributed by atoms with Gasteiger partial charge < -0.3 is 9.97 Å². The molecule has 0 bridgehead atoms. The van der Waals surface area contributed by atoms with Gasteiger partial charge in [-0.1, -0.05) is 6.07 Å². The number of halogens is 1. The third-order valence-electron chi connectivity index (χ3n) is 1.51. The topological polar surface area (TPSA) is 43.8 Å². The van der Waals surface area contributed by atoms with E-state index in [0.29, 0.717) is 5.95 Å². The van der Waals surface area contributed by atoms with E-state index in [1.807, 2.05) is 30.6 Å². The van der Waals surface area contributed by atoms with Crippen LogP contribution in [0.15, 0.2) is 43.0 Å². The number of nitrogens with zero attached hydrogens (tertiary/aromatic N) is 4. The van der Waals surface area contributed by atoms with Gasteiger partial charge in [-0.05, 0) is 35.0 Å². The highest BCUT2D eigenvalue weighted by atomic mass is 127. The summed E-state index contributed by atoms with van der Waals surface area (Å²) >= 11 is 2.15. The van der Waals surface area contributed by atoms with Crippen molar-refractivity contribution in [3.8, 4) is 0 Å². The normalized spacial score (nSPS) is 9.79. The fraction of sp³-hybridized carbons (Fsp3) is 0. The van der Waals surface area contributed by atoms with Crippen molar-refractivity contribution in [3.63, 3.8) is 0 Å². The smallest absolute Gasteiger partial charge is 0.188 e. The Kier molecular flexibility index (Phi) is 2.87. The Morgan fingerprint density at radius 3 is 2.36 bits per heavy atom. The van der Waals surface area contributed by atoms with Crippen LogP contribution in [0.2, 0.25) is 0 Å². The molecular formula is C9H7IN4. The first kappa shape index (κ1) is 9.32. The van der Waals surface area contributed by atoms with Crippen LogP contribution in [0, 0.1) is 3.57 Å². The zero-order valence-electron chi connectivity index (χ0n) is 7.21. The highest BCUT2D eigenvalue weighted by molar-refractivity contribution is 14.1. The van der Waals surface area contributed by atoms with Crippen molar-refractivity contribution in [2.45, 2.75) is 0 Å². The molecule has 0 amide bonds. The Labute approximate surface area is 95.1 Å². The number of pyridine rings is 1. The first-order chi connectivity index (χ1) is 6.84. The summed E-state index contributed by atoms with van der Waals surface area (Å²) in [7, 11) is 0. The van der Waals surface area contributed by atoms with Crippen LogP contribution in [0.1, 0.15) is 0 Å². The minimum atomic E-state index is 0.460. The van der Waals surface area contributed by atoms with E-state index >= 15 is 0 Å². The Bertz CT molecular complexity index is 401. The van der Waals surface area contributed by atoms with Crippen molar-refractivity contribution in [3.05, 3.63) is 52.0 Å². The summed E-state index contributed by atoms with van der Waals surface area (Å²) in [5.74, 6) is 0.460. The van der Waals surface area contributed by atoms with Crippen LogP contribution >= 0.6 is 22.6 Å². The van der Waals surface area contributed by atoms with Crippen molar-refractivity contribution in [1.29, 1.82) is 0 Å². The Balaban J connectivity index is 2.16. The van der Waals surface area contributed by atoms with Crippen LogP contribution in [0.3, 0.4) is 0 Å². The molecule has 2 aromatic heterocycles. The maximum Gasteiger partial charge on any atom is 0.188 e. The Morgan fingerprint density at radius 2 is 1.71 bits per heavy atom. The van der Waals surface area contributed by atoms with E-state index in [9.17, 15) is 0 Å². The molecule has 14 heavy (non-hydrogen) atoms. The van der Waals surface area contributed by atoms with Gasteiger partial charge in [-0.15, -0.1) is 10.1 Å². The fourth-order valence-electron chi connectivity index (χ4n) is 0.917. The summed E-state index contributed by atoms with van der Waals surface area (Å²) < 4.78 is 2.67. The molecule has 2 rings (SSSR count). The molecule has 0 fully saturated rings. The van der Waals surface area contributed by atoms with E-state index < -0.39 is 0 Å². The van der Waals surface area contributed by atoms with Gasteiger partial charge in [0.2, 0.25) is 0 Å². The van der Waals surface area contributed by atoms with Crippen LogP contribution in [0.4, 0.5) is 5.95 Å². The monoisotopic (exact) mass is 298 g/mol. The lowest BCUT2D eigenvalue weighted by Gasteiger charge is -2.04. The third-order valence-corrected chi connectivity index (χ3v) is 2.07. The maximum atomic E-state index is 4.17. The van der Waals surface area contributed by atoms with Gasteiger partial charge in [0, 0.05) is 15.7 Å². The van der Waals surface area contributed by atoms with Gasteiger partial charge in [-0.2, -0.15) is 0 Å². The molecule has 2 aromatic rings. The zero-order valence-corrected chi connectivity index (χ0v) is 9.37. The van der Waals surface area contributed by atoms with Crippen molar-refractivity contribution >= 4 is 28.5 Å². The molecule has 0 radical (unpaired) electrons. The van der Waals surface area contributed by atoms with E-state index in [0.717, 1.165) is 3.57 Å². The summed E-state index contributed by atoms with van der Waals surface area (Å²) in [4.78, 5) is 8.13. The average Bonchev–Trinajstić information content (AvgIpc) is 2.23. The largest absolute Gasteiger partial charge is 0.361 e. The summed E-state index contributed by atoms with van der Waals surface area (Å²) in [6, 6.07) is 5.73. The predicted octanol–water partition coefficient (Wildman–Crippen LogP) is 1.84. The van der Waals surface area contributed by atoms with Gasteiger partial charge >= 0.3 is 0 Å². The first-order valence-corrected chi connectivity index (χ1v) is 5.08. The second-order valence-electron chi connectivity index (χ2n) is 2.56. The lowest BCUT2D eigenvalue weighted by molar-refractivity contribution is -0.619. The van der Waals surface area contributed by atoms with E-state index in [-0.39, 0.29) is 0 Å². The summed E-state index contributed by atoms with van der Waals surface area (Å²) in [6.07, 6.45) is 7.13. The SMILES string of the molecule is Ic1cnc([N-][n+]2ccccc2)nc1. The standard InChI is InChI=1S/C9H7IN4/c10-8-6-11-9(12-7-8)13-14-4-2-1-3-5-14/h1-7H. The predicted molar refractivity (Wildman–Crippen MR) is 59.8 cm³/mol. The average molecular weight is 298 g/mol. The number of rotatable bonds is 2. The minimum Gasteiger partial charge on any atom is -0.361 e. The van der Waals surface area contributed by atoms with Crippen molar-refractivity contribution in [2.24, 2.45) is 0 Å². The molecule has 5 heteroatoms. The number of aromatic nitrogens is 3. The molecule has 0 atom stereocenters. The second kappa shape index (κ2) is 4.32. The van der Waals surface area contributed by atoms with Gasteiger partial charge in [0.1, 0.15) is 0 Å². The summed E-state index contributed by atoms with van der Waals surface area (Å²) in [5, 5.41) is 0. The van der Waals surface area contributed by atoms with Crippen LogP contribution in [0.5, 0.6) is 0 Å². The zero-order chi connectivity index (χ0) is 9.80. The Hall–Kier alpha value is -1.24. The molecule has 70 valence electrons. The van der Waals surface area contributed by atoms with Gasteiger partial charge in [0.25, 0.3) is 0 Å². The molecule has 0 N–H and O–H groups in total. The molecule has 0 aliphatic carbocycles. The first-order valence-electron chi connectivity index (χ1n) is 4.00. The van der Waals surface area contributed by atoms with Crippen molar-refractivity contribution in [1.82, 2.24) is 9.97 Å². The second-order valence-corrected chi connectivity index (χ2v) is 3.80. The maximum absolute atomic E-state index is 4.17. The summed E-state index contributed by atoms with van der Waals surface area (Å²) in [6.45, 7) is 0. The van der Waals surface area contributed by atoms with Gasteiger partial charge in [0.15, 0.2) is 12.4 Å². The highest BCUT2D eigenvalue weighted by Gasteiger charge is 1.94. The van der Waals surface area contributed by atoms with E-state index in [1.165, 1.54) is 0 Å². The van der Waals surface area contributed by atoms with Gasteiger partial charge in [-0.3, -0.25) is 0 Å². The molecule has 0 saturated heterocycles. The quantitative estimate of drug-likeness (QED) is 0.627. The molecule has 0 aliphatic rings. The van der Waals surface area contributed by atoms with E-state index in [4.69, 9.17) is 0 Å². The molecule has 0 aliphatic heterocycles. The molecule has 0 spiro atoms. The van der Waals surface area contributed by atoms with Crippen molar-refractivity contribution < 1.29 is 4.68 Å². The van der Waals surface area contributed by atoms with Gasteiger partial charge in [-0.25, -0.2) is 0 Å². The minimum absolute atomic E-state index is 0.460. The van der Waals surface area contributed by atoms with Crippen LogP contribution in [-0.4, -0.2) is 9.97 Å². The molecule has 0 saturated carbocycles. The Morgan fingerprint density at radius 1 is 1.07 bits per heavy atom. The molecule has 2 heterocycles. The lowest BCUT2D eigenvalue weighted by Crippen LogP contribution is -2.26. The van der Waals surface area contributed by atoms with Crippen LogP contribution in [0.25, 0.3) is 5.43 Å². The molecule has 4 nitrogen and oxygen atoms in total. The van der Waals surface area contributed by atoms with E-state index in [1.54, 1.807) is 17.1 Å². The molecule has 0 unspecified atom stereocenters. The number of hydrogen-bond acceptors (Lipinski definition) is 2. The third kappa shape index (κ3) is 2.38. The molecule has 0 aromatic carbocycles. The van der Waals surface area contributed by atoms with Gasteiger partial charge in [0.05, 0.1) is 5.95 Å². The van der Waals surface area contributed by atoms with E-state index in [2.05, 4.69) is 38.0 Å². The van der Waals surface area contributed by atoms with Crippen LogP contribution in [-0.2, 0) is 0 Å². The number of hydrogen-bond donors (Lipinski definition) is 0. The summed E-state index contributed by atoms with van der Waals surface area (Å²) in [5.41, 5.74) is 4.17.